The van der Waals surface area contributed by atoms with E-state index < -0.39 is 0 Å². The molecule has 2 bridgehead atoms. The average molecular weight is 246 g/mol. The minimum Gasteiger partial charge on any atom is -0.295 e. The highest BCUT2D eigenvalue weighted by Gasteiger charge is 2.45. The molecule has 1 fully saturated rings. The van der Waals surface area contributed by atoms with Gasteiger partial charge in [0.1, 0.15) is 0 Å². The van der Waals surface area contributed by atoms with E-state index >= 15 is 0 Å². The molecule has 0 aromatic rings. The molecule has 0 aliphatic heterocycles. The van der Waals surface area contributed by atoms with Gasteiger partial charge in [0.15, 0.2) is 5.78 Å². The molecule has 0 aromatic heterocycles. The topological polar surface area (TPSA) is 17.1 Å². The smallest absolute Gasteiger partial charge is 0.152 e. The molecule has 0 amide bonds. The van der Waals surface area contributed by atoms with Crippen LogP contribution in [-0.4, -0.2) is 5.78 Å². The molecule has 3 aliphatic carbocycles. The Bertz CT molecular complexity index is 388. The molecule has 3 rings (SSSR count). The third-order valence-corrected chi connectivity index (χ3v) is 5.16. The highest BCUT2D eigenvalue weighted by molar-refractivity contribution is 5.87. The van der Waals surface area contributed by atoms with Gasteiger partial charge in [-0.05, 0) is 61.9 Å². The molecule has 1 saturated carbocycles. The predicted octanol–water partition coefficient (Wildman–Crippen LogP) is 4.25. The van der Waals surface area contributed by atoms with E-state index in [1.165, 1.54) is 6.42 Å². The third kappa shape index (κ3) is 2.32. The first-order valence-electron chi connectivity index (χ1n) is 7.29. The van der Waals surface area contributed by atoms with Gasteiger partial charge < -0.3 is 0 Å². The molecule has 100 valence electrons. The van der Waals surface area contributed by atoms with Crippen molar-refractivity contribution in [1.82, 2.24) is 0 Å². The van der Waals surface area contributed by atoms with Gasteiger partial charge in [-0.15, -0.1) is 0 Å². The van der Waals surface area contributed by atoms with Gasteiger partial charge in [0.25, 0.3) is 0 Å². The van der Waals surface area contributed by atoms with Crippen molar-refractivity contribution < 1.29 is 4.79 Å². The molecular weight excluding hydrogens is 220 g/mol. The van der Waals surface area contributed by atoms with Crippen molar-refractivity contribution in [1.29, 1.82) is 0 Å². The second kappa shape index (κ2) is 5.03. The number of rotatable bonds is 3. The standard InChI is InChI=1S/C17H26O/c1-10(2)15-9-16-11(3)8-17(15)14(13(16)5)7-6-12(4)18/h6-8,10,13-17H,9H2,1-5H3/b7-6+/t13-,14+,15-,16-,17-/m0/s1. The fourth-order valence-corrected chi connectivity index (χ4v) is 4.10. The molecule has 0 saturated heterocycles. The largest absolute Gasteiger partial charge is 0.295 e. The Balaban J connectivity index is 2.28. The molecule has 3 aliphatic rings. The van der Waals surface area contributed by atoms with E-state index in [-0.39, 0.29) is 5.78 Å². The van der Waals surface area contributed by atoms with Crippen LogP contribution in [0, 0.1) is 35.5 Å². The zero-order valence-electron chi connectivity index (χ0n) is 12.3. The number of hydrogen-bond donors (Lipinski definition) is 0. The first kappa shape index (κ1) is 13.6. The molecular formula is C17H26O. The predicted molar refractivity (Wildman–Crippen MR) is 76.2 cm³/mol. The van der Waals surface area contributed by atoms with Gasteiger partial charge in [-0.25, -0.2) is 0 Å². The van der Waals surface area contributed by atoms with E-state index in [0.29, 0.717) is 17.8 Å². The van der Waals surface area contributed by atoms with Crippen LogP contribution >= 0.6 is 0 Å². The van der Waals surface area contributed by atoms with Crippen LogP contribution in [-0.2, 0) is 4.79 Å². The Morgan fingerprint density at radius 1 is 1.44 bits per heavy atom. The van der Waals surface area contributed by atoms with Crippen molar-refractivity contribution in [2.45, 2.75) is 41.0 Å². The summed E-state index contributed by atoms with van der Waals surface area (Å²) in [5, 5.41) is 0. The number of hydrogen-bond acceptors (Lipinski definition) is 1. The molecule has 0 N–H and O–H groups in total. The Morgan fingerprint density at radius 2 is 2.11 bits per heavy atom. The molecule has 5 atom stereocenters. The van der Waals surface area contributed by atoms with Crippen molar-refractivity contribution in [3.8, 4) is 0 Å². The Morgan fingerprint density at radius 3 is 2.67 bits per heavy atom. The van der Waals surface area contributed by atoms with Crippen molar-refractivity contribution in [2.75, 3.05) is 0 Å². The van der Waals surface area contributed by atoms with Gasteiger partial charge in [-0.2, -0.15) is 0 Å². The first-order chi connectivity index (χ1) is 8.41. The lowest BCUT2D eigenvalue weighted by Gasteiger charge is -2.51. The second-order valence-electron chi connectivity index (χ2n) is 6.64. The summed E-state index contributed by atoms with van der Waals surface area (Å²) in [6.45, 7) is 11.0. The minimum absolute atomic E-state index is 0.172. The minimum atomic E-state index is 0.172. The van der Waals surface area contributed by atoms with Gasteiger partial charge in [-0.1, -0.05) is 38.5 Å². The zero-order chi connectivity index (χ0) is 13.4. The monoisotopic (exact) mass is 246 g/mol. The summed E-state index contributed by atoms with van der Waals surface area (Å²) in [4.78, 5) is 11.2. The van der Waals surface area contributed by atoms with Crippen LogP contribution in [0.1, 0.15) is 41.0 Å². The summed E-state index contributed by atoms with van der Waals surface area (Å²) in [5.74, 6) is 4.31. The van der Waals surface area contributed by atoms with Crippen molar-refractivity contribution in [3.63, 3.8) is 0 Å². The fraction of sp³-hybridized carbons (Fsp3) is 0.706. The number of fused-ring (bicyclic) bond motifs is 2. The normalized spacial score (nSPS) is 39.4. The lowest BCUT2D eigenvalue weighted by molar-refractivity contribution is -0.112. The van der Waals surface area contributed by atoms with E-state index in [0.717, 1.165) is 17.8 Å². The second-order valence-corrected chi connectivity index (χ2v) is 6.64. The Hall–Kier alpha value is -0.850. The quantitative estimate of drug-likeness (QED) is 0.537. The Kier molecular flexibility index (Phi) is 3.79. The van der Waals surface area contributed by atoms with Crippen LogP contribution in [0.15, 0.2) is 23.8 Å². The van der Waals surface area contributed by atoms with Crippen LogP contribution in [0.5, 0.6) is 0 Å². The van der Waals surface area contributed by atoms with Crippen LogP contribution in [0.25, 0.3) is 0 Å². The lowest BCUT2D eigenvalue weighted by atomic mass is 9.54. The van der Waals surface area contributed by atoms with Crippen LogP contribution in [0.2, 0.25) is 0 Å². The van der Waals surface area contributed by atoms with E-state index in [1.54, 1.807) is 18.6 Å². The summed E-state index contributed by atoms with van der Waals surface area (Å²) in [5.41, 5.74) is 1.58. The number of ketones is 1. The highest BCUT2D eigenvalue weighted by atomic mass is 16.1. The molecule has 18 heavy (non-hydrogen) atoms. The highest BCUT2D eigenvalue weighted by Crippen LogP contribution is 2.53. The Labute approximate surface area is 111 Å². The molecule has 0 spiro atoms. The summed E-state index contributed by atoms with van der Waals surface area (Å²) < 4.78 is 0. The van der Waals surface area contributed by atoms with Crippen molar-refractivity contribution in [2.24, 2.45) is 35.5 Å². The third-order valence-electron chi connectivity index (χ3n) is 5.16. The van der Waals surface area contributed by atoms with Crippen molar-refractivity contribution in [3.05, 3.63) is 23.8 Å². The van der Waals surface area contributed by atoms with Crippen LogP contribution in [0.4, 0.5) is 0 Å². The number of carbonyl (C=O) groups excluding carboxylic acids is 1. The SMILES string of the molecule is CC(=O)/C=C/[C@@H]1[C@H](C)[C@H]2C[C@@H](C(C)C)[C@H]1C=C2C. The van der Waals surface area contributed by atoms with Gasteiger partial charge >= 0.3 is 0 Å². The van der Waals surface area contributed by atoms with E-state index in [4.69, 9.17) is 0 Å². The summed E-state index contributed by atoms with van der Waals surface area (Å²) in [6, 6.07) is 0. The number of allylic oxidation sites excluding steroid dienone is 4. The van der Waals surface area contributed by atoms with Crippen LogP contribution in [0.3, 0.4) is 0 Å². The zero-order valence-corrected chi connectivity index (χ0v) is 12.3. The fourth-order valence-electron chi connectivity index (χ4n) is 4.10. The lowest BCUT2D eigenvalue weighted by Crippen LogP contribution is -2.43. The van der Waals surface area contributed by atoms with E-state index in [1.807, 2.05) is 0 Å². The molecule has 0 radical (unpaired) electrons. The van der Waals surface area contributed by atoms with Crippen LogP contribution < -0.4 is 0 Å². The first-order valence-corrected chi connectivity index (χ1v) is 7.29. The maximum Gasteiger partial charge on any atom is 0.152 e. The van der Waals surface area contributed by atoms with Crippen molar-refractivity contribution >= 4 is 5.78 Å². The molecule has 1 heteroatoms. The maximum atomic E-state index is 11.2. The summed E-state index contributed by atoms with van der Waals surface area (Å²) in [7, 11) is 0. The van der Waals surface area contributed by atoms with Gasteiger partial charge in [0, 0.05) is 0 Å². The number of carbonyl (C=O) groups is 1. The van der Waals surface area contributed by atoms with Gasteiger partial charge in [0.2, 0.25) is 0 Å². The average Bonchev–Trinajstić information content (AvgIpc) is 2.27. The summed E-state index contributed by atoms with van der Waals surface area (Å²) in [6.07, 6.45) is 7.80. The molecule has 1 nitrogen and oxygen atoms in total. The van der Waals surface area contributed by atoms with Gasteiger partial charge in [-0.3, -0.25) is 4.79 Å². The molecule has 0 aromatic carbocycles. The van der Waals surface area contributed by atoms with Gasteiger partial charge in [0.05, 0.1) is 0 Å². The maximum absolute atomic E-state index is 11.2. The van der Waals surface area contributed by atoms with E-state index in [2.05, 4.69) is 39.8 Å². The van der Waals surface area contributed by atoms with E-state index in [9.17, 15) is 4.79 Å². The summed E-state index contributed by atoms with van der Waals surface area (Å²) >= 11 is 0. The molecule has 0 heterocycles. The molecule has 0 unspecified atom stereocenters.